The molecule has 3 nitrogen and oxygen atoms in total. The van der Waals surface area contributed by atoms with E-state index < -0.39 is 5.54 Å². The zero-order chi connectivity index (χ0) is 14.2. The monoisotopic (exact) mass is 304 g/mol. The molecule has 1 fully saturated rings. The molecule has 0 bridgehead atoms. The van der Waals surface area contributed by atoms with Crippen LogP contribution in [-0.4, -0.2) is 11.4 Å². The first-order valence-electron chi connectivity index (χ1n) is 6.83. The summed E-state index contributed by atoms with van der Waals surface area (Å²) >= 11 is 3.14. The average molecular weight is 304 g/mol. The van der Waals surface area contributed by atoms with Crippen LogP contribution in [0.15, 0.2) is 17.5 Å². The summed E-state index contributed by atoms with van der Waals surface area (Å²) in [5.41, 5.74) is -0.666. The fourth-order valence-corrected chi connectivity index (χ4v) is 4.68. The number of hydrogen-bond donors (Lipinski definition) is 1. The number of nitrogens with zero attached hydrogens (tertiary/aromatic N) is 1. The first kappa shape index (κ1) is 13.6. The van der Waals surface area contributed by atoms with Crippen molar-refractivity contribution in [3.8, 4) is 6.07 Å². The van der Waals surface area contributed by atoms with E-state index in [9.17, 15) is 10.1 Å². The van der Waals surface area contributed by atoms with E-state index in [1.165, 1.54) is 11.3 Å². The molecule has 2 aromatic rings. The van der Waals surface area contributed by atoms with E-state index in [0.29, 0.717) is 10.8 Å². The van der Waals surface area contributed by atoms with Crippen LogP contribution in [0.25, 0.3) is 9.40 Å². The minimum absolute atomic E-state index is 0.102. The fourth-order valence-electron chi connectivity index (χ4n) is 2.68. The van der Waals surface area contributed by atoms with E-state index in [1.807, 2.05) is 17.5 Å². The molecule has 104 valence electrons. The summed E-state index contributed by atoms with van der Waals surface area (Å²) < 4.78 is 2.28. The van der Waals surface area contributed by atoms with Gasteiger partial charge < -0.3 is 5.32 Å². The highest BCUT2D eigenvalue weighted by molar-refractivity contribution is 7.27. The second-order valence-electron chi connectivity index (χ2n) is 5.59. The molecule has 5 heteroatoms. The van der Waals surface area contributed by atoms with E-state index in [0.717, 1.165) is 35.1 Å². The summed E-state index contributed by atoms with van der Waals surface area (Å²) in [5.74, 6) is 0.551. The molecule has 1 aliphatic rings. The molecule has 1 aliphatic carbocycles. The van der Waals surface area contributed by atoms with Gasteiger partial charge >= 0.3 is 0 Å². The topological polar surface area (TPSA) is 52.9 Å². The van der Waals surface area contributed by atoms with Crippen LogP contribution < -0.4 is 5.32 Å². The van der Waals surface area contributed by atoms with Gasteiger partial charge in [-0.3, -0.25) is 4.79 Å². The molecule has 0 radical (unpaired) electrons. The predicted molar refractivity (Wildman–Crippen MR) is 83.1 cm³/mol. The average Bonchev–Trinajstić information content (AvgIpc) is 3.02. The first-order chi connectivity index (χ1) is 9.62. The predicted octanol–water partition coefficient (Wildman–Crippen LogP) is 4.17. The van der Waals surface area contributed by atoms with Crippen LogP contribution in [0.5, 0.6) is 0 Å². The van der Waals surface area contributed by atoms with E-state index >= 15 is 0 Å². The molecule has 0 aromatic carbocycles. The highest BCUT2D eigenvalue weighted by Crippen LogP contribution is 2.33. The maximum atomic E-state index is 12.4. The molecule has 20 heavy (non-hydrogen) atoms. The number of hydrogen-bond acceptors (Lipinski definition) is 4. The zero-order valence-electron chi connectivity index (χ0n) is 11.3. The van der Waals surface area contributed by atoms with Crippen molar-refractivity contribution in [2.75, 3.05) is 0 Å². The second kappa shape index (κ2) is 5.19. The Bertz CT molecular complexity index is 643. The van der Waals surface area contributed by atoms with E-state index in [4.69, 9.17) is 0 Å². The van der Waals surface area contributed by atoms with Gasteiger partial charge in [-0.2, -0.15) is 5.26 Å². The van der Waals surface area contributed by atoms with E-state index in [1.54, 1.807) is 11.3 Å². The van der Waals surface area contributed by atoms with Crippen molar-refractivity contribution in [3.05, 3.63) is 22.4 Å². The summed E-state index contributed by atoms with van der Waals surface area (Å²) in [7, 11) is 0. The number of amides is 1. The Hall–Kier alpha value is -1.38. The Balaban J connectivity index is 1.77. The molecule has 0 unspecified atom stereocenters. The van der Waals surface area contributed by atoms with Crippen molar-refractivity contribution < 1.29 is 4.79 Å². The van der Waals surface area contributed by atoms with Crippen LogP contribution in [-0.2, 0) is 0 Å². The minimum atomic E-state index is -0.666. The summed E-state index contributed by atoms with van der Waals surface area (Å²) in [4.78, 5) is 13.1. The lowest BCUT2D eigenvalue weighted by atomic mass is 9.78. The van der Waals surface area contributed by atoms with Crippen molar-refractivity contribution in [1.29, 1.82) is 5.26 Å². The molecule has 1 saturated carbocycles. The van der Waals surface area contributed by atoms with Gasteiger partial charge in [0.1, 0.15) is 5.54 Å². The van der Waals surface area contributed by atoms with E-state index in [-0.39, 0.29) is 5.91 Å². The van der Waals surface area contributed by atoms with E-state index in [2.05, 4.69) is 18.3 Å². The highest BCUT2D eigenvalue weighted by Gasteiger charge is 2.36. The van der Waals surface area contributed by atoms with Crippen LogP contribution in [0, 0.1) is 17.2 Å². The van der Waals surface area contributed by atoms with Gasteiger partial charge in [-0.1, -0.05) is 6.92 Å². The van der Waals surface area contributed by atoms with Crippen molar-refractivity contribution in [2.45, 2.75) is 38.1 Å². The summed E-state index contributed by atoms with van der Waals surface area (Å²) in [5, 5.41) is 14.5. The van der Waals surface area contributed by atoms with Crippen LogP contribution in [0.3, 0.4) is 0 Å². The Kier molecular flexibility index (Phi) is 3.53. The molecule has 1 amide bonds. The van der Waals surface area contributed by atoms with Gasteiger partial charge in [0, 0.05) is 9.40 Å². The Morgan fingerprint density at radius 1 is 1.45 bits per heavy atom. The molecule has 2 heterocycles. The number of rotatable bonds is 2. The molecule has 0 saturated heterocycles. The molecule has 0 aliphatic heterocycles. The maximum absolute atomic E-state index is 12.4. The number of carbonyl (C=O) groups excluding carboxylic acids is 1. The standard InChI is InChI=1S/C15H16N2OS2/c1-10-2-5-15(9-16,6-3-10)17-14(18)13-8-12-11(20-13)4-7-19-12/h4,7-8,10H,2-3,5-6H2,1H3,(H,17,18). The first-order valence-corrected chi connectivity index (χ1v) is 8.52. The number of nitriles is 1. The third-order valence-electron chi connectivity index (χ3n) is 4.06. The van der Waals surface area contributed by atoms with Gasteiger partial charge in [0.25, 0.3) is 5.91 Å². The van der Waals surface area contributed by atoms with Gasteiger partial charge in [-0.15, -0.1) is 22.7 Å². The normalized spacial score (nSPS) is 26.3. The summed E-state index contributed by atoms with van der Waals surface area (Å²) in [6, 6.07) is 6.30. The number of nitrogens with one attached hydrogen (secondary N) is 1. The van der Waals surface area contributed by atoms with Crippen LogP contribution in [0.2, 0.25) is 0 Å². The Morgan fingerprint density at radius 2 is 2.20 bits per heavy atom. The van der Waals surface area contributed by atoms with Crippen molar-refractivity contribution in [3.63, 3.8) is 0 Å². The van der Waals surface area contributed by atoms with Gasteiger partial charge in [0.2, 0.25) is 0 Å². The Labute approximate surface area is 126 Å². The zero-order valence-corrected chi connectivity index (χ0v) is 12.9. The smallest absolute Gasteiger partial charge is 0.262 e. The third kappa shape index (κ3) is 2.46. The molecule has 1 N–H and O–H groups in total. The quantitative estimate of drug-likeness (QED) is 0.905. The number of thiophene rings is 2. The van der Waals surface area contributed by atoms with Gasteiger partial charge in [-0.25, -0.2) is 0 Å². The SMILES string of the molecule is CC1CCC(C#N)(NC(=O)c2cc3sccc3s2)CC1. The summed E-state index contributed by atoms with van der Waals surface area (Å²) in [6.07, 6.45) is 3.53. The minimum Gasteiger partial charge on any atom is -0.333 e. The molecule has 3 rings (SSSR count). The van der Waals surface area contributed by atoms with Crippen LogP contribution >= 0.6 is 22.7 Å². The van der Waals surface area contributed by atoms with Crippen LogP contribution in [0.4, 0.5) is 0 Å². The molecular weight excluding hydrogens is 288 g/mol. The highest BCUT2D eigenvalue weighted by atomic mass is 32.1. The van der Waals surface area contributed by atoms with Crippen molar-refractivity contribution >= 4 is 38.0 Å². The molecule has 2 aromatic heterocycles. The lowest BCUT2D eigenvalue weighted by molar-refractivity contribution is 0.0898. The molecule has 0 atom stereocenters. The van der Waals surface area contributed by atoms with Gasteiger partial charge in [0.05, 0.1) is 10.9 Å². The van der Waals surface area contributed by atoms with Crippen molar-refractivity contribution in [1.82, 2.24) is 5.32 Å². The second-order valence-corrected chi connectivity index (χ2v) is 7.62. The van der Waals surface area contributed by atoms with Gasteiger partial charge in [-0.05, 0) is 49.1 Å². The lowest BCUT2D eigenvalue weighted by Crippen LogP contribution is -2.49. The fraction of sp³-hybridized carbons (Fsp3) is 0.467. The summed E-state index contributed by atoms with van der Waals surface area (Å²) in [6.45, 7) is 2.20. The number of carbonyl (C=O) groups is 1. The number of fused-ring (bicyclic) bond motifs is 1. The maximum Gasteiger partial charge on any atom is 0.262 e. The third-order valence-corrected chi connectivity index (χ3v) is 6.15. The molecular formula is C15H16N2OS2. The lowest BCUT2D eigenvalue weighted by Gasteiger charge is -2.34. The molecule has 0 spiro atoms. The van der Waals surface area contributed by atoms with Gasteiger partial charge in [0.15, 0.2) is 0 Å². The Morgan fingerprint density at radius 3 is 2.85 bits per heavy atom. The largest absolute Gasteiger partial charge is 0.333 e. The van der Waals surface area contributed by atoms with Crippen molar-refractivity contribution in [2.24, 2.45) is 5.92 Å². The van der Waals surface area contributed by atoms with Crippen LogP contribution in [0.1, 0.15) is 42.3 Å².